The lowest BCUT2D eigenvalue weighted by Gasteiger charge is -2.17. The van der Waals surface area contributed by atoms with Gasteiger partial charge in [-0.25, -0.2) is 4.79 Å². The van der Waals surface area contributed by atoms with Crippen LogP contribution in [0.3, 0.4) is 0 Å². The van der Waals surface area contributed by atoms with Crippen molar-refractivity contribution in [3.63, 3.8) is 0 Å². The first kappa shape index (κ1) is 15.2. The Labute approximate surface area is 100 Å². The molecule has 0 aliphatic carbocycles. The van der Waals surface area contributed by atoms with Gasteiger partial charge < -0.3 is 4.74 Å². The lowest BCUT2D eigenvalue weighted by molar-refractivity contribution is -0.145. The van der Waals surface area contributed by atoms with E-state index >= 15 is 0 Å². The minimum absolute atomic E-state index is 0.0932. The number of esters is 1. The molecule has 0 N–H and O–H groups in total. The Morgan fingerprint density at radius 3 is 2.19 bits per heavy atom. The zero-order chi connectivity index (χ0) is 12.4. The van der Waals surface area contributed by atoms with Crippen molar-refractivity contribution < 1.29 is 9.53 Å². The number of carbonyl (C=O) groups excluding carboxylic acids is 1. The maximum absolute atomic E-state index is 11.4. The van der Waals surface area contributed by atoms with Gasteiger partial charge in [0, 0.05) is 5.57 Å². The van der Waals surface area contributed by atoms with Crippen molar-refractivity contribution in [2.24, 2.45) is 0 Å². The molecule has 1 atom stereocenters. The SMILES string of the molecule is C=C(C)C(=O)OC(CCCC)CCCCC. The van der Waals surface area contributed by atoms with Crippen molar-refractivity contribution in [2.75, 3.05) is 0 Å². The lowest BCUT2D eigenvalue weighted by atomic mass is 10.1. The molecule has 0 heterocycles. The van der Waals surface area contributed by atoms with Crippen LogP contribution in [0.15, 0.2) is 12.2 Å². The smallest absolute Gasteiger partial charge is 0.333 e. The van der Waals surface area contributed by atoms with Crippen LogP contribution in [-0.4, -0.2) is 12.1 Å². The highest BCUT2D eigenvalue weighted by atomic mass is 16.5. The molecular weight excluding hydrogens is 200 g/mol. The minimum Gasteiger partial charge on any atom is -0.459 e. The molecule has 2 heteroatoms. The van der Waals surface area contributed by atoms with Crippen molar-refractivity contribution in [3.05, 3.63) is 12.2 Å². The van der Waals surface area contributed by atoms with Gasteiger partial charge in [0.25, 0.3) is 0 Å². The molecule has 1 unspecified atom stereocenters. The van der Waals surface area contributed by atoms with Gasteiger partial charge in [0.05, 0.1) is 0 Å². The summed E-state index contributed by atoms with van der Waals surface area (Å²) < 4.78 is 5.42. The second kappa shape index (κ2) is 9.44. The molecule has 0 aliphatic rings. The Bertz CT molecular complexity index is 209. The first-order valence-corrected chi connectivity index (χ1v) is 6.48. The fourth-order valence-electron chi connectivity index (χ4n) is 1.57. The molecule has 0 rings (SSSR count). The van der Waals surface area contributed by atoms with Crippen LogP contribution >= 0.6 is 0 Å². The topological polar surface area (TPSA) is 26.3 Å². The maximum atomic E-state index is 11.4. The van der Waals surface area contributed by atoms with Gasteiger partial charge in [-0.05, 0) is 26.2 Å². The first-order chi connectivity index (χ1) is 7.61. The fourth-order valence-corrected chi connectivity index (χ4v) is 1.57. The van der Waals surface area contributed by atoms with E-state index in [0.29, 0.717) is 5.57 Å². The van der Waals surface area contributed by atoms with Crippen LogP contribution < -0.4 is 0 Å². The number of ether oxygens (including phenoxy) is 1. The van der Waals surface area contributed by atoms with E-state index in [2.05, 4.69) is 20.4 Å². The summed E-state index contributed by atoms with van der Waals surface area (Å²) >= 11 is 0. The Morgan fingerprint density at radius 2 is 1.69 bits per heavy atom. The Hall–Kier alpha value is -0.790. The highest BCUT2D eigenvalue weighted by Crippen LogP contribution is 2.14. The van der Waals surface area contributed by atoms with E-state index in [-0.39, 0.29) is 12.1 Å². The number of rotatable bonds is 9. The van der Waals surface area contributed by atoms with Gasteiger partial charge in [0.2, 0.25) is 0 Å². The van der Waals surface area contributed by atoms with Crippen LogP contribution in [0.2, 0.25) is 0 Å². The maximum Gasteiger partial charge on any atom is 0.333 e. The van der Waals surface area contributed by atoms with Crippen molar-refractivity contribution in [3.8, 4) is 0 Å². The zero-order valence-corrected chi connectivity index (χ0v) is 11.1. The van der Waals surface area contributed by atoms with Gasteiger partial charge in [0.1, 0.15) is 6.10 Å². The quantitative estimate of drug-likeness (QED) is 0.334. The molecule has 16 heavy (non-hydrogen) atoms. The van der Waals surface area contributed by atoms with Gasteiger partial charge in [-0.2, -0.15) is 0 Å². The van der Waals surface area contributed by atoms with Crippen molar-refractivity contribution in [1.82, 2.24) is 0 Å². The highest BCUT2D eigenvalue weighted by Gasteiger charge is 2.13. The molecule has 0 radical (unpaired) electrons. The van der Waals surface area contributed by atoms with Crippen LogP contribution in [0, 0.1) is 0 Å². The van der Waals surface area contributed by atoms with E-state index in [4.69, 9.17) is 4.74 Å². The number of hydrogen-bond donors (Lipinski definition) is 0. The highest BCUT2D eigenvalue weighted by molar-refractivity contribution is 5.87. The molecule has 0 saturated heterocycles. The summed E-state index contributed by atoms with van der Waals surface area (Å²) in [7, 11) is 0. The van der Waals surface area contributed by atoms with Gasteiger partial charge in [0.15, 0.2) is 0 Å². The number of carbonyl (C=O) groups is 1. The van der Waals surface area contributed by atoms with E-state index in [1.165, 1.54) is 12.8 Å². The van der Waals surface area contributed by atoms with Crippen LogP contribution in [0.25, 0.3) is 0 Å². The molecule has 0 saturated carbocycles. The Kier molecular flexibility index (Phi) is 8.97. The van der Waals surface area contributed by atoms with E-state index in [9.17, 15) is 4.79 Å². The van der Waals surface area contributed by atoms with Crippen LogP contribution in [0.4, 0.5) is 0 Å². The van der Waals surface area contributed by atoms with Gasteiger partial charge in [-0.3, -0.25) is 0 Å². The van der Waals surface area contributed by atoms with Crippen LogP contribution in [0.5, 0.6) is 0 Å². The molecule has 0 spiro atoms. The largest absolute Gasteiger partial charge is 0.459 e. The summed E-state index contributed by atoms with van der Waals surface area (Å²) in [4.78, 5) is 11.4. The molecule has 0 amide bonds. The third kappa shape index (κ3) is 7.49. The second-order valence-electron chi connectivity index (χ2n) is 4.45. The Balaban J connectivity index is 3.98. The Morgan fingerprint density at radius 1 is 1.12 bits per heavy atom. The molecule has 0 aliphatic heterocycles. The van der Waals surface area contributed by atoms with Gasteiger partial charge in [-0.1, -0.05) is 46.1 Å². The summed E-state index contributed by atoms with van der Waals surface area (Å²) in [5, 5.41) is 0. The monoisotopic (exact) mass is 226 g/mol. The van der Waals surface area contributed by atoms with Crippen molar-refractivity contribution in [1.29, 1.82) is 0 Å². The molecule has 0 fully saturated rings. The van der Waals surface area contributed by atoms with Crippen molar-refractivity contribution in [2.45, 2.75) is 71.8 Å². The average Bonchev–Trinajstić information content (AvgIpc) is 2.25. The summed E-state index contributed by atoms with van der Waals surface area (Å²) in [5.41, 5.74) is 0.497. The molecule has 94 valence electrons. The molecule has 0 aromatic carbocycles. The summed E-state index contributed by atoms with van der Waals surface area (Å²) in [5.74, 6) is -0.238. The summed E-state index contributed by atoms with van der Waals surface area (Å²) in [6.07, 6.45) is 7.91. The molecule has 0 aromatic rings. The normalized spacial score (nSPS) is 12.2. The third-order valence-electron chi connectivity index (χ3n) is 2.63. The average molecular weight is 226 g/mol. The van der Waals surface area contributed by atoms with E-state index < -0.39 is 0 Å². The predicted octanol–water partition coefficient (Wildman–Crippen LogP) is 4.24. The molecule has 0 aromatic heterocycles. The molecular formula is C14H26O2. The summed E-state index contributed by atoms with van der Waals surface area (Å²) in [6.45, 7) is 9.65. The third-order valence-corrected chi connectivity index (χ3v) is 2.63. The molecule has 0 bridgehead atoms. The fraction of sp³-hybridized carbons (Fsp3) is 0.786. The lowest BCUT2D eigenvalue weighted by Crippen LogP contribution is -2.18. The second-order valence-corrected chi connectivity index (χ2v) is 4.45. The van der Waals surface area contributed by atoms with Crippen LogP contribution in [-0.2, 0) is 9.53 Å². The van der Waals surface area contributed by atoms with E-state index in [0.717, 1.165) is 32.1 Å². The van der Waals surface area contributed by atoms with E-state index in [1.807, 2.05) is 0 Å². The predicted molar refractivity (Wildman–Crippen MR) is 68.4 cm³/mol. The zero-order valence-electron chi connectivity index (χ0n) is 11.1. The summed E-state index contributed by atoms with van der Waals surface area (Å²) in [6, 6.07) is 0. The van der Waals surface area contributed by atoms with E-state index in [1.54, 1.807) is 6.92 Å². The van der Waals surface area contributed by atoms with Gasteiger partial charge >= 0.3 is 5.97 Å². The van der Waals surface area contributed by atoms with Crippen molar-refractivity contribution >= 4 is 5.97 Å². The van der Waals surface area contributed by atoms with Crippen LogP contribution in [0.1, 0.15) is 65.7 Å². The minimum atomic E-state index is -0.238. The number of hydrogen-bond acceptors (Lipinski definition) is 2. The standard InChI is InChI=1S/C14H26O2/c1-5-7-9-11-13(10-8-6-2)16-14(15)12(3)4/h13H,3,5-11H2,1-2,4H3. The first-order valence-electron chi connectivity index (χ1n) is 6.48. The molecule has 2 nitrogen and oxygen atoms in total. The van der Waals surface area contributed by atoms with Gasteiger partial charge in [-0.15, -0.1) is 0 Å². The number of unbranched alkanes of at least 4 members (excludes halogenated alkanes) is 3.